The summed E-state index contributed by atoms with van der Waals surface area (Å²) in [5.74, 6) is 1.53. The molecule has 0 saturated heterocycles. The molecule has 0 fully saturated rings. The number of anilines is 1. The number of ether oxygens (including phenoxy) is 3. The summed E-state index contributed by atoms with van der Waals surface area (Å²) in [6.07, 6.45) is 3.95. The molecule has 2 atom stereocenters. The zero-order valence-corrected chi connectivity index (χ0v) is 21.2. The molecule has 3 rings (SSSR count). The van der Waals surface area contributed by atoms with Gasteiger partial charge in [-0.25, -0.2) is 18.4 Å². The van der Waals surface area contributed by atoms with Crippen LogP contribution >= 0.6 is 0 Å². The summed E-state index contributed by atoms with van der Waals surface area (Å²) >= 11 is 0. The van der Waals surface area contributed by atoms with Crippen LogP contribution in [0.4, 0.5) is 5.69 Å². The van der Waals surface area contributed by atoms with Gasteiger partial charge in [-0.05, 0) is 49.2 Å². The highest BCUT2D eigenvalue weighted by atomic mass is 32.2. The molecule has 0 spiro atoms. The second-order valence-electron chi connectivity index (χ2n) is 7.97. The van der Waals surface area contributed by atoms with Crippen LogP contribution in [0.25, 0.3) is 0 Å². The summed E-state index contributed by atoms with van der Waals surface area (Å²) in [5.41, 5.74) is 2.13. The lowest BCUT2D eigenvalue weighted by Crippen LogP contribution is -2.41. The van der Waals surface area contributed by atoms with Crippen molar-refractivity contribution in [1.82, 2.24) is 9.97 Å². The minimum absolute atomic E-state index is 0.104. The second-order valence-corrected chi connectivity index (χ2v) is 10.2. The number of hydrogen-bond acceptors (Lipinski definition) is 7. The van der Waals surface area contributed by atoms with Gasteiger partial charge in [-0.1, -0.05) is 24.3 Å². The molecule has 8 nitrogen and oxygen atoms in total. The zero-order chi connectivity index (χ0) is 25.4. The van der Waals surface area contributed by atoms with Crippen LogP contribution < -0.4 is 13.8 Å². The molecule has 186 valence electrons. The lowest BCUT2D eigenvalue weighted by atomic mass is 10.2. The van der Waals surface area contributed by atoms with Crippen molar-refractivity contribution < 1.29 is 22.6 Å². The van der Waals surface area contributed by atoms with Crippen LogP contribution in [0.1, 0.15) is 30.0 Å². The number of methoxy groups -OCH3 is 2. The Morgan fingerprint density at radius 2 is 1.69 bits per heavy atom. The smallest absolute Gasteiger partial charge is 0.241 e. The first-order valence-corrected chi connectivity index (χ1v) is 12.6. The molecular formula is C26H31N3O5S. The largest absolute Gasteiger partial charge is 0.497 e. The summed E-state index contributed by atoms with van der Waals surface area (Å²) in [7, 11) is -0.850. The Morgan fingerprint density at radius 3 is 2.29 bits per heavy atom. The fraction of sp³-hybridized carbons (Fsp3) is 0.308. The summed E-state index contributed by atoms with van der Waals surface area (Å²) in [4.78, 5) is 8.68. The van der Waals surface area contributed by atoms with E-state index in [1.165, 1.54) is 11.4 Å². The van der Waals surface area contributed by atoms with Crippen LogP contribution in [-0.2, 0) is 21.3 Å². The summed E-state index contributed by atoms with van der Waals surface area (Å²) < 4.78 is 46.0. The molecule has 35 heavy (non-hydrogen) atoms. The molecule has 0 aliphatic carbocycles. The Labute approximate surface area is 207 Å². The summed E-state index contributed by atoms with van der Waals surface area (Å²) in [6.45, 7) is 7.41. The Bertz CT molecular complexity index is 1210. The van der Waals surface area contributed by atoms with Crippen LogP contribution in [0.5, 0.6) is 11.5 Å². The van der Waals surface area contributed by atoms with E-state index >= 15 is 0 Å². The molecule has 0 bridgehead atoms. The highest BCUT2D eigenvalue weighted by molar-refractivity contribution is 7.93. The first-order chi connectivity index (χ1) is 16.8. The first kappa shape index (κ1) is 26.2. The van der Waals surface area contributed by atoms with Gasteiger partial charge in [0.05, 0.1) is 33.1 Å². The van der Waals surface area contributed by atoms with Crippen LogP contribution in [0.2, 0.25) is 0 Å². The highest BCUT2D eigenvalue weighted by Gasteiger charge is 2.38. The number of sulfonamides is 1. The topological polar surface area (TPSA) is 90.9 Å². The van der Waals surface area contributed by atoms with Crippen LogP contribution in [0.15, 0.2) is 73.6 Å². The molecule has 0 radical (unpaired) electrons. The molecule has 0 saturated carbocycles. The summed E-state index contributed by atoms with van der Waals surface area (Å²) in [5, 5.41) is -1.00. The Morgan fingerprint density at radius 1 is 1.03 bits per heavy atom. The van der Waals surface area contributed by atoms with Gasteiger partial charge in [0, 0.05) is 18.5 Å². The molecule has 1 aromatic heterocycles. The van der Waals surface area contributed by atoms with Crippen molar-refractivity contribution in [1.29, 1.82) is 0 Å². The number of rotatable bonds is 12. The quantitative estimate of drug-likeness (QED) is 0.341. The standard InChI is InChI=1S/C26H31N3O5S/c1-6-14-34-25(26-27-16-19(2)17-28-26)20(3)35(30,31)29(22-8-7-9-24(15-22)33-5)18-21-10-12-23(32-4)13-11-21/h6-13,15-17,20,25H,1,14,18H2,2-5H3/t20-,25-/m0/s1. The van der Waals surface area contributed by atoms with Crippen molar-refractivity contribution in [2.45, 2.75) is 31.7 Å². The zero-order valence-electron chi connectivity index (χ0n) is 20.4. The maximum Gasteiger partial charge on any atom is 0.241 e. The predicted molar refractivity (Wildman–Crippen MR) is 136 cm³/mol. The van der Waals surface area contributed by atoms with Crippen molar-refractivity contribution in [2.24, 2.45) is 0 Å². The highest BCUT2D eigenvalue weighted by Crippen LogP contribution is 2.32. The minimum atomic E-state index is -3.97. The van der Waals surface area contributed by atoms with Crippen molar-refractivity contribution >= 4 is 15.7 Å². The first-order valence-electron chi connectivity index (χ1n) is 11.1. The van der Waals surface area contributed by atoms with Crippen LogP contribution in [0.3, 0.4) is 0 Å². The second kappa shape index (κ2) is 11.8. The number of aryl methyl sites for hydroxylation is 1. The van der Waals surface area contributed by atoms with Gasteiger partial charge in [-0.3, -0.25) is 4.31 Å². The summed E-state index contributed by atoms with van der Waals surface area (Å²) in [6, 6.07) is 14.2. The average Bonchev–Trinajstić information content (AvgIpc) is 2.88. The van der Waals surface area contributed by atoms with E-state index < -0.39 is 21.4 Å². The van der Waals surface area contributed by atoms with Gasteiger partial charge in [-0.2, -0.15) is 0 Å². The lowest BCUT2D eigenvalue weighted by Gasteiger charge is -2.31. The fourth-order valence-corrected chi connectivity index (χ4v) is 5.14. The van der Waals surface area contributed by atoms with Crippen molar-refractivity contribution in [2.75, 3.05) is 25.1 Å². The molecule has 9 heteroatoms. The van der Waals surface area contributed by atoms with Crippen LogP contribution in [-0.4, -0.2) is 44.5 Å². The van der Waals surface area contributed by atoms with Crippen LogP contribution in [0, 0.1) is 6.92 Å². The lowest BCUT2D eigenvalue weighted by molar-refractivity contribution is 0.0668. The normalized spacial score (nSPS) is 13.0. The van der Waals surface area contributed by atoms with Gasteiger partial charge in [0.1, 0.15) is 22.9 Å². The van der Waals surface area contributed by atoms with Crippen molar-refractivity contribution in [3.05, 3.63) is 90.5 Å². The Balaban J connectivity index is 2.05. The maximum absolute atomic E-state index is 14.1. The Kier molecular flexibility index (Phi) is 8.84. The number of nitrogens with zero attached hydrogens (tertiary/aromatic N) is 3. The third-order valence-corrected chi connectivity index (χ3v) is 7.62. The van der Waals surface area contributed by atoms with Gasteiger partial charge in [0.15, 0.2) is 5.82 Å². The van der Waals surface area contributed by atoms with Gasteiger partial charge in [-0.15, -0.1) is 6.58 Å². The molecule has 0 aliphatic rings. The van der Waals surface area contributed by atoms with E-state index in [-0.39, 0.29) is 13.2 Å². The van der Waals surface area contributed by atoms with E-state index in [1.807, 2.05) is 19.1 Å². The molecular weight excluding hydrogens is 466 g/mol. The van der Waals surface area contributed by atoms with Crippen molar-refractivity contribution in [3.63, 3.8) is 0 Å². The molecule has 1 heterocycles. The fourth-order valence-electron chi connectivity index (χ4n) is 3.49. The van der Waals surface area contributed by atoms with Gasteiger partial charge >= 0.3 is 0 Å². The number of aromatic nitrogens is 2. The number of hydrogen-bond donors (Lipinski definition) is 0. The molecule has 0 N–H and O–H groups in total. The SMILES string of the molecule is C=CCO[C@H](c1ncc(C)cn1)[C@H](C)S(=O)(=O)N(Cc1ccc(OC)cc1)c1cccc(OC)c1. The van der Waals surface area contributed by atoms with E-state index in [4.69, 9.17) is 14.2 Å². The van der Waals surface area contributed by atoms with Gasteiger partial charge < -0.3 is 14.2 Å². The van der Waals surface area contributed by atoms with E-state index in [0.29, 0.717) is 23.0 Å². The van der Waals surface area contributed by atoms with Crippen molar-refractivity contribution in [3.8, 4) is 11.5 Å². The monoisotopic (exact) mass is 497 g/mol. The third-order valence-electron chi connectivity index (χ3n) is 5.48. The average molecular weight is 498 g/mol. The number of benzene rings is 2. The van der Waals surface area contributed by atoms with Gasteiger partial charge in [0.2, 0.25) is 10.0 Å². The van der Waals surface area contributed by atoms with Gasteiger partial charge in [0.25, 0.3) is 0 Å². The molecule has 2 aromatic carbocycles. The third kappa shape index (κ3) is 6.37. The Hall–Kier alpha value is -3.43. The van der Waals surface area contributed by atoms with E-state index in [1.54, 1.807) is 68.9 Å². The molecule has 0 unspecified atom stereocenters. The van der Waals surface area contributed by atoms with E-state index in [0.717, 1.165) is 11.1 Å². The van der Waals surface area contributed by atoms with E-state index in [9.17, 15) is 8.42 Å². The molecule has 0 amide bonds. The molecule has 0 aliphatic heterocycles. The van der Waals surface area contributed by atoms with E-state index in [2.05, 4.69) is 16.5 Å². The minimum Gasteiger partial charge on any atom is -0.497 e. The maximum atomic E-state index is 14.1. The molecule has 3 aromatic rings. The predicted octanol–water partition coefficient (Wildman–Crippen LogP) is 4.47.